The minimum absolute atomic E-state index is 0.113. The number of nitrogens with zero attached hydrogens (tertiary/aromatic N) is 1. The summed E-state index contributed by atoms with van der Waals surface area (Å²) in [6.45, 7) is 1.77. The molecule has 3 heteroatoms. The molecule has 15 heavy (non-hydrogen) atoms. The lowest BCUT2D eigenvalue weighted by atomic mass is 9.94. The second-order valence-corrected chi connectivity index (χ2v) is 3.98. The summed E-state index contributed by atoms with van der Waals surface area (Å²) in [6.07, 6.45) is 3.48. The van der Waals surface area contributed by atoms with Gasteiger partial charge in [-0.25, -0.2) is 0 Å². The van der Waals surface area contributed by atoms with E-state index < -0.39 is 0 Å². The number of hydrogen-bond donors (Lipinski definition) is 0. The minimum atomic E-state index is 0.113. The first-order valence-electron chi connectivity index (χ1n) is 5.42. The minimum Gasteiger partial charge on any atom is -0.339 e. The van der Waals surface area contributed by atoms with Crippen molar-refractivity contribution in [2.45, 2.75) is 19.3 Å². The van der Waals surface area contributed by atoms with E-state index in [1.165, 1.54) is 6.42 Å². The molecule has 0 atom stereocenters. The van der Waals surface area contributed by atoms with Crippen LogP contribution in [-0.4, -0.2) is 31.7 Å². The summed E-state index contributed by atoms with van der Waals surface area (Å²) in [6, 6.07) is 7.20. The molecule has 0 aliphatic carbocycles. The predicted molar refractivity (Wildman–Crippen MR) is 61.6 cm³/mol. The highest BCUT2D eigenvalue weighted by atomic mass is 16.2. The van der Waals surface area contributed by atoms with Crippen LogP contribution < -0.4 is 5.46 Å². The Hall–Kier alpha value is -1.25. The first-order chi connectivity index (χ1) is 7.27. The monoisotopic (exact) mass is 199 g/mol. The Balaban J connectivity index is 2.12. The molecule has 0 N–H and O–H groups in total. The fraction of sp³-hybridized carbons (Fsp3) is 0.417. The van der Waals surface area contributed by atoms with Crippen molar-refractivity contribution in [3.8, 4) is 0 Å². The number of likely N-dealkylation sites (tertiary alicyclic amines) is 1. The maximum Gasteiger partial charge on any atom is 0.253 e. The standard InChI is InChI=1S/C12H14BNO/c13-11-6-4-5-10(9-11)12(15)14-7-2-1-3-8-14/h4-6,9H,1-3,7-8H2. The summed E-state index contributed by atoms with van der Waals surface area (Å²) in [4.78, 5) is 13.9. The number of benzene rings is 1. The molecule has 1 aromatic carbocycles. The average Bonchev–Trinajstić information content (AvgIpc) is 2.29. The molecule has 1 amide bonds. The number of carbonyl (C=O) groups excluding carboxylic acids is 1. The Morgan fingerprint density at radius 2 is 1.93 bits per heavy atom. The fourth-order valence-electron chi connectivity index (χ4n) is 1.95. The van der Waals surface area contributed by atoms with Crippen molar-refractivity contribution in [2.75, 3.05) is 13.1 Å². The van der Waals surface area contributed by atoms with Crippen LogP contribution in [0.4, 0.5) is 0 Å². The van der Waals surface area contributed by atoms with Crippen molar-refractivity contribution in [1.82, 2.24) is 4.90 Å². The summed E-state index contributed by atoms with van der Waals surface area (Å²) < 4.78 is 0. The maximum atomic E-state index is 12.0. The predicted octanol–water partition coefficient (Wildman–Crippen LogP) is 1.11. The smallest absolute Gasteiger partial charge is 0.253 e. The highest BCUT2D eigenvalue weighted by Crippen LogP contribution is 2.12. The lowest BCUT2D eigenvalue weighted by Gasteiger charge is -2.26. The molecule has 1 aliphatic rings. The largest absolute Gasteiger partial charge is 0.339 e. The lowest BCUT2D eigenvalue weighted by molar-refractivity contribution is 0.0724. The quantitative estimate of drug-likeness (QED) is 0.620. The molecule has 0 aromatic heterocycles. The normalized spacial score (nSPS) is 16.4. The van der Waals surface area contributed by atoms with Crippen LogP contribution in [0.5, 0.6) is 0 Å². The second kappa shape index (κ2) is 4.52. The summed E-state index contributed by atoms with van der Waals surface area (Å²) in [5, 5.41) is 0. The third-order valence-electron chi connectivity index (χ3n) is 2.78. The van der Waals surface area contributed by atoms with Gasteiger partial charge >= 0.3 is 0 Å². The molecule has 0 spiro atoms. The van der Waals surface area contributed by atoms with E-state index in [0.29, 0.717) is 11.0 Å². The Labute approximate surface area is 91.7 Å². The third-order valence-corrected chi connectivity index (χ3v) is 2.78. The van der Waals surface area contributed by atoms with Crippen molar-refractivity contribution in [3.63, 3.8) is 0 Å². The number of piperidine rings is 1. The van der Waals surface area contributed by atoms with E-state index in [1.807, 2.05) is 17.0 Å². The van der Waals surface area contributed by atoms with Gasteiger partial charge in [-0.1, -0.05) is 23.7 Å². The van der Waals surface area contributed by atoms with E-state index in [0.717, 1.165) is 25.9 Å². The van der Waals surface area contributed by atoms with E-state index >= 15 is 0 Å². The van der Waals surface area contributed by atoms with Crippen molar-refractivity contribution >= 4 is 19.2 Å². The highest BCUT2D eigenvalue weighted by Gasteiger charge is 2.17. The Kier molecular flexibility index (Phi) is 3.09. The van der Waals surface area contributed by atoms with Crippen LogP contribution >= 0.6 is 0 Å². The van der Waals surface area contributed by atoms with Crippen molar-refractivity contribution in [1.29, 1.82) is 0 Å². The van der Waals surface area contributed by atoms with Gasteiger partial charge in [0.2, 0.25) is 0 Å². The number of rotatable bonds is 1. The third kappa shape index (κ3) is 2.41. The first-order valence-corrected chi connectivity index (χ1v) is 5.42. The van der Waals surface area contributed by atoms with Gasteiger partial charge < -0.3 is 4.90 Å². The molecule has 2 radical (unpaired) electrons. The van der Waals surface area contributed by atoms with Crippen LogP contribution in [0.15, 0.2) is 24.3 Å². The van der Waals surface area contributed by atoms with Gasteiger partial charge in [-0.3, -0.25) is 4.79 Å². The summed E-state index contributed by atoms with van der Waals surface area (Å²) >= 11 is 0. The molecular weight excluding hydrogens is 185 g/mol. The van der Waals surface area contributed by atoms with Crippen LogP contribution in [0, 0.1) is 0 Å². The molecule has 1 aliphatic heterocycles. The maximum absolute atomic E-state index is 12.0. The van der Waals surface area contributed by atoms with Gasteiger partial charge in [-0.2, -0.15) is 0 Å². The van der Waals surface area contributed by atoms with Crippen LogP contribution in [0.3, 0.4) is 0 Å². The Morgan fingerprint density at radius 3 is 2.60 bits per heavy atom. The summed E-state index contributed by atoms with van der Waals surface area (Å²) in [5.41, 5.74) is 1.36. The van der Waals surface area contributed by atoms with E-state index in [9.17, 15) is 4.79 Å². The molecule has 76 valence electrons. The summed E-state index contributed by atoms with van der Waals surface area (Å²) in [7, 11) is 5.66. The van der Waals surface area contributed by atoms with Crippen molar-refractivity contribution in [2.24, 2.45) is 0 Å². The zero-order chi connectivity index (χ0) is 10.7. The second-order valence-electron chi connectivity index (χ2n) is 3.98. The van der Waals surface area contributed by atoms with Gasteiger partial charge in [0.1, 0.15) is 7.85 Å². The van der Waals surface area contributed by atoms with Gasteiger partial charge in [-0.05, 0) is 25.3 Å². The van der Waals surface area contributed by atoms with Gasteiger partial charge in [0.15, 0.2) is 0 Å². The number of hydrogen-bond acceptors (Lipinski definition) is 1. The molecule has 1 fully saturated rings. The van der Waals surface area contributed by atoms with E-state index in [4.69, 9.17) is 7.85 Å². The van der Waals surface area contributed by atoms with Gasteiger partial charge in [0.25, 0.3) is 5.91 Å². The van der Waals surface area contributed by atoms with Gasteiger partial charge in [0.05, 0.1) is 0 Å². The lowest BCUT2D eigenvalue weighted by Crippen LogP contribution is -2.35. The van der Waals surface area contributed by atoms with Crippen molar-refractivity contribution < 1.29 is 4.79 Å². The fourth-order valence-corrected chi connectivity index (χ4v) is 1.95. The Morgan fingerprint density at radius 1 is 1.20 bits per heavy atom. The molecule has 0 unspecified atom stereocenters. The van der Waals surface area contributed by atoms with Gasteiger partial charge in [0, 0.05) is 18.7 Å². The number of amides is 1. The van der Waals surface area contributed by atoms with Gasteiger partial charge in [-0.15, -0.1) is 0 Å². The van der Waals surface area contributed by atoms with E-state index in [-0.39, 0.29) is 5.91 Å². The summed E-state index contributed by atoms with van der Waals surface area (Å²) in [5.74, 6) is 0.113. The number of carbonyl (C=O) groups is 1. The highest BCUT2D eigenvalue weighted by molar-refractivity contribution is 6.32. The molecule has 1 aromatic rings. The van der Waals surface area contributed by atoms with E-state index in [2.05, 4.69) is 0 Å². The molecule has 1 saturated heterocycles. The molecular formula is C12H14BNO. The van der Waals surface area contributed by atoms with Crippen LogP contribution in [0.2, 0.25) is 0 Å². The zero-order valence-corrected chi connectivity index (χ0v) is 8.78. The molecule has 0 bridgehead atoms. The average molecular weight is 199 g/mol. The molecule has 2 rings (SSSR count). The Bertz CT molecular complexity index is 358. The molecule has 2 nitrogen and oxygen atoms in total. The zero-order valence-electron chi connectivity index (χ0n) is 8.78. The first kappa shape index (κ1) is 10.3. The molecule has 1 heterocycles. The SMILES string of the molecule is [B]c1cccc(C(=O)N2CCCCC2)c1. The van der Waals surface area contributed by atoms with Crippen LogP contribution in [-0.2, 0) is 0 Å². The van der Waals surface area contributed by atoms with Crippen LogP contribution in [0.25, 0.3) is 0 Å². The molecule has 0 saturated carbocycles. The van der Waals surface area contributed by atoms with Crippen molar-refractivity contribution in [3.05, 3.63) is 29.8 Å². The van der Waals surface area contributed by atoms with Crippen LogP contribution in [0.1, 0.15) is 29.6 Å². The van der Waals surface area contributed by atoms with E-state index in [1.54, 1.807) is 12.1 Å². The topological polar surface area (TPSA) is 20.3 Å².